The third kappa shape index (κ3) is 6.84. The molecular formula is C30H34F3NO3. The molecule has 0 aliphatic carbocycles. The van der Waals surface area contributed by atoms with Crippen LogP contribution in [0.3, 0.4) is 0 Å². The molecule has 2 unspecified atom stereocenters. The Bertz CT molecular complexity index is 1110. The van der Waals surface area contributed by atoms with Gasteiger partial charge in [-0.15, -0.1) is 0 Å². The van der Waals surface area contributed by atoms with Crippen molar-refractivity contribution < 1.29 is 27.4 Å². The zero-order valence-corrected chi connectivity index (χ0v) is 21.3. The number of benzene rings is 3. The molecular weight excluding hydrogens is 479 g/mol. The van der Waals surface area contributed by atoms with E-state index in [9.17, 15) is 13.2 Å². The van der Waals surface area contributed by atoms with E-state index in [0.717, 1.165) is 60.0 Å². The summed E-state index contributed by atoms with van der Waals surface area (Å²) >= 11 is 0. The smallest absolute Gasteiger partial charge is 0.416 e. The normalized spacial score (nSPS) is 19.4. The second-order valence-electron chi connectivity index (χ2n) is 9.43. The summed E-state index contributed by atoms with van der Waals surface area (Å²) in [5, 5.41) is 0. The molecule has 2 aliphatic heterocycles. The van der Waals surface area contributed by atoms with Crippen LogP contribution in [0.5, 0.6) is 11.5 Å². The molecule has 4 nitrogen and oxygen atoms in total. The molecule has 5 rings (SSSR count). The highest BCUT2D eigenvalue weighted by molar-refractivity contribution is 5.48. The number of hydrogen-bond donors (Lipinski definition) is 0. The molecule has 0 N–H and O–H groups in total. The van der Waals surface area contributed by atoms with Gasteiger partial charge in [-0.2, -0.15) is 13.2 Å². The van der Waals surface area contributed by atoms with Gasteiger partial charge in [-0.1, -0.05) is 42.5 Å². The zero-order valence-electron chi connectivity index (χ0n) is 21.3. The van der Waals surface area contributed by atoms with E-state index in [1.165, 1.54) is 12.8 Å². The van der Waals surface area contributed by atoms with Crippen molar-refractivity contribution in [3.8, 4) is 11.5 Å². The lowest BCUT2D eigenvalue weighted by Gasteiger charge is -2.34. The van der Waals surface area contributed by atoms with E-state index in [1.54, 1.807) is 26.4 Å². The fraction of sp³-hybridized carbons (Fsp3) is 0.400. The van der Waals surface area contributed by atoms with Gasteiger partial charge in [0.1, 0.15) is 18.1 Å². The van der Waals surface area contributed by atoms with E-state index in [0.29, 0.717) is 13.2 Å². The molecule has 198 valence electrons. The first-order chi connectivity index (χ1) is 17.9. The summed E-state index contributed by atoms with van der Waals surface area (Å²) in [5.74, 6) is 1.52. The van der Waals surface area contributed by atoms with Gasteiger partial charge in [-0.25, -0.2) is 0 Å². The molecule has 0 spiro atoms. The Morgan fingerprint density at radius 1 is 0.865 bits per heavy atom. The Balaban J connectivity index is 0.00000102. The second-order valence-corrected chi connectivity index (χ2v) is 9.43. The molecule has 0 amide bonds. The van der Waals surface area contributed by atoms with E-state index in [-0.39, 0.29) is 11.8 Å². The van der Waals surface area contributed by atoms with Crippen molar-refractivity contribution in [1.82, 2.24) is 4.90 Å². The van der Waals surface area contributed by atoms with Crippen molar-refractivity contribution in [3.63, 3.8) is 0 Å². The maximum Gasteiger partial charge on any atom is 0.416 e. The number of rotatable bonds is 6. The quantitative estimate of drug-likeness (QED) is 0.365. The van der Waals surface area contributed by atoms with Crippen LogP contribution in [0.1, 0.15) is 46.9 Å². The minimum atomic E-state index is -4.35. The molecule has 3 aromatic carbocycles. The summed E-state index contributed by atoms with van der Waals surface area (Å²) in [5.41, 5.74) is 2.33. The van der Waals surface area contributed by atoms with Crippen LogP contribution in [-0.4, -0.2) is 52.0 Å². The maximum atomic E-state index is 13.1. The Morgan fingerprint density at radius 3 is 2.14 bits per heavy atom. The predicted octanol–water partition coefficient (Wildman–Crippen LogP) is 6.75. The highest BCUT2D eigenvalue weighted by atomic mass is 19.4. The van der Waals surface area contributed by atoms with Gasteiger partial charge in [-0.3, -0.25) is 4.90 Å². The minimum absolute atomic E-state index is 0.0275. The Labute approximate surface area is 217 Å². The molecule has 1 saturated heterocycles. The zero-order chi connectivity index (χ0) is 26.3. The predicted molar refractivity (Wildman–Crippen MR) is 139 cm³/mol. The first-order valence-electron chi connectivity index (χ1n) is 12.6. The number of methoxy groups -OCH3 is 1. The number of likely N-dealkylation sites (tertiary alicyclic amines) is 1. The molecule has 0 aromatic heterocycles. The maximum absolute atomic E-state index is 13.1. The van der Waals surface area contributed by atoms with Gasteiger partial charge in [0.2, 0.25) is 0 Å². The van der Waals surface area contributed by atoms with Gasteiger partial charge in [0.25, 0.3) is 0 Å². The van der Waals surface area contributed by atoms with Crippen LogP contribution >= 0.6 is 0 Å². The lowest BCUT2D eigenvalue weighted by atomic mass is 9.76. The fourth-order valence-corrected chi connectivity index (χ4v) is 5.05. The summed E-state index contributed by atoms with van der Waals surface area (Å²) in [7, 11) is 3.25. The van der Waals surface area contributed by atoms with E-state index >= 15 is 0 Å². The monoisotopic (exact) mass is 513 g/mol. The van der Waals surface area contributed by atoms with Gasteiger partial charge in [0.15, 0.2) is 0 Å². The van der Waals surface area contributed by atoms with Gasteiger partial charge in [0.05, 0.1) is 12.2 Å². The Hall–Kier alpha value is -3.03. The molecule has 2 atom stereocenters. The van der Waals surface area contributed by atoms with E-state index in [1.807, 2.05) is 36.4 Å². The topological polar surface area (TPSA) is 30.9 Å². The van der Waals surface area contributed by atoms with Crippen molar-refractivity contribution in [1.29, 1.82) is 0 Å². The third-order valence-corrected chi connectivity index (χ3v) is 6.86. The van der Waals surface area contributed by atoms with Crippen molar-refractivity contribution in [2.45, 2.75) is 30.9 Å². The highest BCUT2D eigenvalue weighted by Crippen LogP contribution is 2.46. The fourth-order valence-electron chi connectivity index (χ4n) is 5.05. The third-order valence-electron chi connectivity index (χ3n) is 6.86. The summed E-state index contributed by atoms with van der Waals surface area (Å²) in [6.07, 6.45) is -1.82. The molecule has 1 fully saturated rings. The molecule has 37 heavy (non-hydrogen) atoms. The summed E-state index contributed by atoms with van der Waals surface area (Å²) in [6.45, 7) is 4.30. The van der Waals surface area contributed by atoms with Crippen molar-refractivity contribution in [2.24, 2.45) is 0 Å². The molecule has 3 aromatic rings. The Kier molecular flexibility index (Phi) is 9.11. The van der Waals surface area contributed by atoms with Gasteiger partial charge >= 0.3 is 6.18 Å². The van der Waals surface area contributed by atoms with Crippen LogP contribution in [0.25, 0.3) is 0 Å². The number of alkyl halides is 3. The Morgan fingerprint density at radius 2 is 1.49 bits per heavy atom. The average Bonchev–Trinajstić information content (AvgIpc) is 3.42. The van der Waals surface area contributed by atoms with Gasteiger partial charge < -0.3 is 14.2 Å². The molecule has 2 aliphatic rings. The van der Waals surface area contributed by atoms with E-state index in [4.69, 9.17) is 9.47 Å². The second kappa shape index (κ2) is 12.5. The standard InChI is InChI=1S/C28H28F3NO2.C2H6O/c29-28(30,31)22-11-7-20(8-12-22)25-19-34-26-6-2-1-5-24(26)27(25)21-9-13-23(14-10-21)33-18-17-32-15-3-4-16-32;1-3-2/h1-2,5-14,25,27H,3-4,15-19H2;1-2H3. The SMILES string of the molecule is COC.FC(F)(F)c1ccc(C2COc3ccccc3C2c2ccc(OCCN3CCCC3)cc2)cc1. The number of hydrogen-bond acceptors (Lipinski definition) is 4. The molecule has 0 saturated carbocycles. The van der Waals surface area contributed by atoms with Crippen molar-refractivity contribution >= 4 is 0 Å². The van der Waals surface area contributed by atoms with Crippen LogP contribution in [0.15, 0.2) is 72.8 Å². The van der Waals surface area contributed by atoms with E-state index < -0.39 is 11.7 Å². The molecule has 7 heteroatoms. The number of halogens is 3. The van der Waals surface area contributed by atoms with Crippen LogP contribution in [0.4, 0.5) is 13.2 Å². The lowest BCUT2D eigenvalue weighted by molar-refractivity contribution is -0.137. The van der Waals surface area contributed by atoms with E-state index in [2.05, 4.69) is 21.8 Å². The first kappa shape index (κ1) is 27.0. The average molecular weight is 514 g/mol. The number of ether oxygens (including phenoxy) is 3. The number of nitrogens with zero attached hydrogens (tertiary/aromatic N) is 1. The first-order valence-corrected chi connectivity index (χ1v) is 12.6. The highest BCUT2D eigenvalue weighted by Gasteiger charge is 2.35. The largest absolute Gasteiger partial charge is 0.493 e. The van der Waals surface area contributed by atoms with Gasteiger partial charge in [-0.05, 0) is 67.4 Å². The summed E-state index contributed by atoms with van der Waals surface area (Å²) < 4.78 is 55.5. The van der Waals surface area contributed by atoms with Crippen LogP contribution < -0.4 is 9.47 Å². The summed E-state index contributed by atoms with van der Waals surface area (Å²) in [6, 6.07) is 21.5. The molecule has 2 heterocycles. The molecule has 0 bridgehead atoms. The minimum Gasteiger partial charge on any atom is -0.493 e. The number of fused-ring (bicyclic) bond motifs is 1. The molecule has 0 radical (unpaired) electrons. The van der Waals surface area contributed by atoms with Crippen LogP contribution in [-0.2, 0) is 10.9 Å². The van der Waals surface area contributed by atoms with Crippen molar-refractivity contribution in [3.05, 3.63) is 95.1 Å². The van der Waals surface area contributed by atoms with Crippen LogP contribution in [0.2, 0.25) is 0 Å². The van der Waals surface area contributed by atoms with Crippen molar-refractivity contribution in [2.75, 3.05) is 47.1 Å². The van der Waals surface area contributed by atoms with Crippen LogP contribution in [0, 0.1) is 0 Å². The van der Waals surface area contributed by atoms with Gasteiger partial charge in [0, 0.05) is 38.2 Å². The summed E-state index contributed by atoms with van der Waals surface area (Å²) in [4.78, 5) is 2.42. The lowest BCUT2D eigenvalue weighted by Crippen LogP contribution is -2.25. The number of para-hydroxylation sites is 1.